The summed E-state index contributed by atoms with van der Waals surface area (Å²) in [6.07, 6.45) is 2.02. The molecule has 0 radical (unpaired) electrons. The minimum absolute atomic E-state index is 0.204. The van der Waals surface area contributed by atoms with Crippen molar-refractivity contribution < 1.29 is 0 Å². The van der Waals surface area contributed by atoms with Gasteiger partial charge in [0.1, 0.15) is 0 Å². The van der Waals surface area contributed by atoms with Crippen LogP contribution < -0.4 is 11.3 Å². The summed E-state index contributed by atoms with van der Waals surface area (Å²) >= 11 is 4.17. The van der Waals surface area contributed by atoms with Gasteiger partial charge in [0.25, 0.3) is 0 Å². The molecule has 2 rings (SSSR count). The molecular weight excluding hydrogens is 355 g/mol. The zero-order chi connectivity index (χ0) is 13.0. The first-order valence-corrected chi connectivity index (χ1v) is 7.91. The van der Waals surface area contributed by atoms with Crippen molar-refractivity contribution in [2.24, 2.45) is 5.84 Å². The highest BCUT2D eigenvalue weighted by Crippen LogP contribution is 2.26. The summed E-state index contributed by atoms with van der Waals surface area (Å²) in [5.41, 5.74) is 4.24. The Morgan fingerprint density at radius 3 is 2.50 bits per heavy atom. The van der Waals surface area contributed by atoms with Crippen LogP contribution in [0.4, 0.5) is 0 Å². The number of hydrogen-bond donors (Lipinski definition) is 2. The molecule has 1 aromatic carbocycles. The van der Waals surface area contributed by atoms with Crippen LogP contribution in [-0.4, -0.2) is 0 Å². The van der Waals surface area contributed by atoms with Crippen molar-refractivity contribution in [2.75, 3.05) is 0 Å². The summed E-state index contributed by atoms with van der Waals surface area (Å²) < 4.78 is 1.26. The summed E-state index contributed by atoms with van der Waals surface area (Å²) in [5.74, 6) is 5.69. The molecule has 0 saturated heterocycles. The van der Waals surface area contributed by atoms with E-state index in [0.29, 0.717) is 0 Å². The third kappa shape index (κ3) is 3.54. The van der Waals surface area contributed by atoms with E-state index in [4.69, 9.17) is 5.84 Å². The zero-order valence-electron chi connectivity index (χ0n) is 10.3. The Balaban J connectivity index is 2.11. The number of rotatable bonds is 5. The lowest BCUT2D eigenvalue weighted by Gasteiger charge is -2.14. The summed E-state index contributed by atoms with van der Waals surface area (Å²) in [7, 11) is 0. The molecule has 2 nitrogen and oxygen atoms in total. The first-order chi connectivity index (χ1) is 8.72. The van der Waals surface area contributed by atoms with Gasteiger partial charge in [-0.1, -0.05) is 19.1 Å². The molecule has 0 bridgehead atoms. The zero-order valence-corrected chi connectivity index (χ0v) is 13.3. The molecular formula is C14H17IN2S. The van der Waals surface area contributed by atoms with E-state index in [0.717, 1.165) is 12.8 Å². The van der Waals surface area contributed by atoms with Crippen molar-refractivity contribution in [3.63, 3.8) is 0 Å². The second-order valence-electron chi connectivity index (χ2n) is 4.21. The van der Waals surface area contributed by atoms with E-state index < -0.39 is 0 Å². The second kappa shape index (κ2) is 6.65. The molecule has 18 heavy (non-hydrogen) atoms. The average Bonchev–Trinajstić information content (AvgIpc) is 2.87. The second-order valence-corrected chi connectivity index (χ2v) is 6.65. The summed E-state index contributed by atoms with van der Waals surface area (Å²) in [6, 6.07) is 13.2. The predicted molar refractivity (Wildman–Crippen MR) is 86.6 cm³/mol. The van der Waals surface area contributed by atoms with Crippen LogP contribution in [0.5, 0.6) is 0 Å². The van der Waals surface area contributed by atoms with Crippen LogP contribution in [0.25, 0.3) is 0 Å². The maximum absolute atomic E-state index is 5.69. The largest absolute Gasteiger partial charge is 0.271 e. The van der Waals surface area contributed by atoms with E-state index in [2.05, 4.69) is 71.3 Å². The van der Waals surface area contributed by atoms with Gasteiger partial charge in [0.2, 0.25) is 0 Å². The number of nitrogens with two attached hydrogens (primary N) is 1. The van der Waals surface area contributed by atoms with E-state index >= 15 is 0 Å². The first kappa shape index (κ1) is 14.0. The monoisotopic (exact) mass is 372 g/mol. The van der Waals surface area contributed by atoms with Crippen molar-refractivity contribution in [1.82, 2.24) is 5.43 Å². The molecule has 1 unspecified atom stereocenters. The van der Waals surface area contributed by atoms with Gasteiger partial charge in [0, 0.05) is 13.3 Å². The molecule has 0 amide bonds. The lowest BCUT2D eigenvalue weighted by Crippen LogP contribution is -2.28. The summed E-state index contributed by atoms with van der Waals surface area (Å²) in [6.45, 7) is 2.18. The van der Waals surface area contributed by atoms with E-state index in [1.54, 1.807) is 0 Å². The first-order valence-electron chi connectivity index (χ1n) is 6.02. The van der Waals surface area contributed by atoms with E-state index in [1.807, 2.05) is 11.3 Å². The van der Waals surface area contributed by atoms with Crippen molar-refractivity contribution in [3.05, 3.63) is 55.3 Å². The summed E-state index contributed by atoms with van der Waals surface area (Å²) in [5, 5.41) is 0. The van der Waals surface area contributed by atoms with Gasteiger partial charge in [-0.3, -0.25) is 11.3 Å². The standard InChI is InChI=1S/C14H17IN2S/c1-2-12-7-8-14(18-12)13(17-16)9-10-3-5-11(15)6-4-10/h3-8,13,17H,2,9,16H2,1H3. The Hall–Kier alpha value is -0.430. The highest BCUT2D eigenvalue weighted by Gasteiger charge is 2.12. The van der Waals surface area contributed by atoms with Crippen LogP contribution >= 0.6 is 33.9 Å². The summed E-state index contributed by atoms with van der Waals surface area (Å²) in [4.78, 5) is 2.72. The van der Waals surface area contributed by atoms with E-state index in [1.165, 1.54) is 18.9 Å². The Kier molecular flexibility index (Phi) is 5.17. The molecule has 0 aliphatic heterocycles. The maximum Gasteiger partial charge on any atom is 0.0593 e. The smallest absolute Gasteiger partial charge is 0.0593 e. The van der Waals surface area contributed by atoms with Crippen LogP contribution in [0.15, 0.2) is 36.4 Å². The van der Waals surface area contributed by atoms with E-state index in [9.17, 15) is 0 Å². The number of hydrazine groups is 1. The number of hydrogen-bond acceptors (Lipinski definition) is 3. The SMILES string of the molecule is CCc1ccc(C(Cc2ccc(I)cc2)NN)s1. The molecule has 3 N–H and O–H groups in total. The highest BCUT2D eigenvalue weighted by atomic mass is 127. The molecule has 96 valence electrons. The molecule has 4 heteroatoms. The molecule has 0 saturated carbocycles. The Morgan fingerprint density at radius 1 is 1.22 bits per heavy atom. The highest BCUT2D eigenvalue weighted by molar-refractivity contribution is 14.1. The quantitative estimate of drug-likeness (QED) is 0.478. The van der Waals surface area contributed by atoms with Gasteiger partial charge in [-0.05, 0) is 65.3 Å². The fraction of sp³-hybridized carbons (Fsp3) is 0.286. The number of thiophene rings is 1. The van der Waals surface area contributed by atoms with Gasteiger partial charge < -0.3 is 0 Å². The molecule has 1 heterocycles. The van der Waals surface area contributed by atoms with Crippen LogP contribution in [-0.2, 0) is 12.8 Å². The normalized spacial score (nSPS) is 12.6. The molecule has 0 fully saturated rings. The van der Waals surface area contributed by atoms with Crippen LogP contribution in [0.1, 0.15) is 28.3 Å². The van der Waals surface area contributed by atoms with E-state index in [-0.39, 0.29) is 6.04 Å². The van der Waals surface area contributed by atoms with Gasteiger partial charge in [0.05, 0.1) is 6.04 Å². The average molecular weight is 372 g/mol. The molecule has 1 atom stereocenters. The van der Waals surface area contributed by atoms with Crippen molar-refractivity contribution >= 4 is 33.9 Å². The number of nitrogens with one attached hydrogen (secondary N) is 1. The van der Waals surface area contributed by atoms with Crippen molar-refractivity contribution in [1.29, 1.82) is 0 Å². The Morgan fingerprint density at radius 2 is 1.94 bits per heavy atom. The minimum Gasteiger partial charge on any atom is -0.271 e. The fourth-order valence-corrected chi connectivity index (χ4v) is 3.24. The third-order valence-electron chi connectivity index (χ3n) is 2.93. The Labute approximate surface area is 126 Å². The van der Waals surface area contributed by atoms with Crippen LogP contribution in [0, 0.1) is 3.57 Å². The van der Waals surface area contributed by atoms with Crippen LogP contribution in [0.2, 0.25) is 0 Å². The minimum atomic E-state index is 0.204. The molecule has 1 aromatic heterocycles. The van der Waals surface area contributed by atoms with Crippen LogP contribution in [0.3, 0.4) is 0 Å². The lowest BCUT2D eigenvalue weighted by atomic mass is 10.1. The number of benzene rings is 1. The van der Waals surface area contributed by atoms with Crippen molar-refractivity contribution in [3.8, 4) is 0 Å². The topological polar surface area (TPSA) is 38.0 Å². The van der Waals surface area contributed by atoms with Gasteiger partial charge in [-0.25, -0.2) is 0 Å². The Bertz CT molecular complexity index is 493. The van der Waals surface area contributed by atoms with Gasteiger partial charge in [-0.15, -0.1) is 11.3 Å². The maximum atomic E-state index is 5.69. The van der Waals surface area contributed by atoms with Gasteiger partial charge in [-0.2, -0.15) is 0 Å². The predicted octanol–water partition coefficient (Wildman–Crippen LogP) is 3.66. The van der Waals surface area contributed by atoms with Crippen molar-refractivity contribution in [2.45, 2.75) is 25.8 Å². The third-order valence-corrected chi connectivity index (χ3v) is 4.99. The van der Waals surface area contributed by atoms with Gasteiger partial charge >= 0.3 is 0 Å². The molecule has 0 aliphatic carbocycles. The number of aryl methyl sites for hydroxylation is 1. The molecule has 2 aromatic rings. The molecule has 0 spiro atoms. The molecule has 0 aliphatic rings. The number of halogens is 1. The lowest BCUT2D eigenvalue weighted by molar-refractivity contribution is 0.560. The fourth-order valence-electron chi connectivity index (χ4n) is 1.87. The van der Waals surface area contributed by atoms with Gasteiger partial charge in [0.15, 0.2) is 0 Å².